The zero-order chi connectivity index (χ0) is 19.8. The predicted octanol–water partition coefficient (Wildman–Crippen LogP) is 3.01. The smallest absolute Gasteiger partial charge is 0.349 e. The quantitative estimate of drug-likeness (QED) is 0.404. The number of fused-ring (bicyclic) bond motifs is 1. The summed E-state index contributed by atoms with van der Waals surface area (Å²) in [6.07, 6.45) is 2.90. The molecule has 0 bridgehead atoms. The zero-order valence-electron chi connectivity index (χ0n) is 15.8. The first-order valence-corrected chi connectivity index (χ1v) is 9.46. The number of para-hydroxylation sites is 2. The highest BCUT2D eigenvalue weighted by atomic mass is 16.6. The fourth-order valence-corrected chi connectivity index (χ4v) is 3.12. The van der Waals surface area contributed by atoms with Gasteiger partial charge in [0.05, 0.1) is 18.8 Å². The number of rotatable bonds is 9. The van der Waals surface area contributed by atoms with Gasteiger partial charge in [0.25, 0.3) is 0 Å². The molecule has 1 N–H and O–H groups in total. The topological polar surface area (TPSA) is 93.1 Å². The average molecular weight is 377 g/mol. The van der Waals surface area contributed by atoms with Crippen molar-refractivity contribution in [1.82, 2.24) is 0 Å². The van der Waals surface area contributed by atoms with Crippen LogP contribution >= 0.6 is 0 Å². The maximum absolute atomic E-state index is 13.0. The van der Waals surface area contributed by atoms with Gasteiger partial charge in [-0.05, 0) is 25.5 Å². The monoisotopic (exact) mass is 377 g/mol. The zero-order valence-corrected chi connectivity index (χ0v) is 15.8. The third kappa shape index (κ3) is 5.21. The number of benzene rings is 1. The molecule has 1 aromatic carbocycles. The molecule has 0 spiro atoms. The van der Waals surface area contributed by atoms with Crippen LogP contribution in [0.2, 0.25) is 0 Å². The van der Waals surface area contributed by atoms with Crippen molar-refractivity contribution in [3.8, 4) is 5.75 Å². The molecule has 27 heavy (non-hydrogen) atoms. The molecule has 2 rings (SSSR count). The molecule has 0 saturated carbocycles. The van der Waals surface area contributed by atoms with Crippen molar-refractivity contribution in [2.45, 2.75) is 52.1 Å². The highest BCUT2D eigenvalue weighted by Crippen LogP contribution is 2.34. The Morgan fingerprint density at radius 1 is 1.22 bits per heavy atom. The Labute approximate surface area is 159 Å². The number of hydrogen-bond acceptors (Lipinski definition) is 5. The largest absolute Gasteiger partial charge is 0.481 e. The molecule has 1 heterocycles. The Balaban J connectivity index is 2.22. The number of aliphatic carboxylic acids is 1. The van der Waals surface area contributed by atoms with Crippen molar-refractivity contribution in [1.29, 1.82) is 0 Å². The number of hydrogen-bond donors (Lipinski definition) is 1. The first kappa shape index (κ1) is 20.7. The number of nitrogens with zero attached hydrogens (tertiary/aromatic N) is 1. The van der Waals surface area contributed by atoms with E-state index in [-0.39, 0.29) is 19.6 Å². The lowest BCUT2D eigenvalue weighted by Crippen LogP contribution is -2.50. The highest BCUT2D eigenvalue weighted by molar-refractivity contribution is 6.07. The Hall–Kier alpha value is -2.57. The number of carbonyl (C=O) groups is 3. The van der Waals surface area contributed by atoms with E-state index in [1.807, 2.05) is 0 Å². The first-order chi connectivity index (χ1) is 13.0. The van der Waals surface area contributed by atoms with Crippen LogP contribution in [0.4, 0.5) is 5.69 Å². The normalized spacial score (nSPS) is 16.8. The lowest BCUT2D eigenvalue weighted by Gasteiger charge is -2.35. The number of unbranched alkanes of at least 4 members (excludes halogenated alkanes) is 3. The Kier molecular flexibility index (Phi) is 7.64. The van der Waals surface area contributed by atoms with Gasteiger partial charge in [0.1, 0.15) is 11.7 Å². The van der Waals surface area contributed by atoms with Crippen LogP contribution in [0.25, 0.3) is 0 Å². The van der Waals surface area contributed by atoms with Crippen LogP contribution in [-0.2, 0) is 19.1 Å². The van der Waals surface area contributed by atoms with Gasteiger partial charge in [0.15, 0.2) is 0 Å². The van der Waals surface area contributed by atoms with Crippen LogP contribution in [-0.4, -0.2) is 42.2 Å². The summed E-state index contributed by atoms with van der Waals surface area (Å²) in [4.78, 5) is 38.2. The van der Waals surface area contributed by atoms with Crippen LogP contribution < -0.4 is 9.64 Å². The van der Waals surface area contributed by atoms with Crippen molar-refractivity contribution in [3.63, 3.8) is 0 Å². The second kappa shape index (κ2) is 9.94. The predicted molar refractivity (Wildman–Crippen MR) is 99.7 cm³/mol. The summed E-state index contributed by atoms with van der Waals surface area (Å²) in [6, 6.07) is 6.81. The number of carbonyl (C=O) groups excluding carboxylic acids is 2. The van der Waals surface area contributed by atoms with Gasteiger partial charge in [-0.15, -0.1) is 0 Å². The van der Waals surface area contributed by atoms with E-state index in [9.17, 15) is 19.5 Å². The van der Waals surface area contributed by atoms with Crippen LogP contribution in [0.15, 0.2) is 24.3 Å². The van der Waals surface area contributed by atoms with Crippen molar-refractivity contribution in [2.24, 2.45) is 5.92 Å². The van der Waals surface area contributed by atoms with Gasteiger partial charge in [0.2, 0.25) is 12.0 Å². The molecular weight excluding hydrogens is 350 g/mol. The summed E-state index contributed by atoms with van der Waals surface area (Å²) in [6.45, 7) is 3.89. The second-order valence-electron chi connectivity index (χ2n) is 6.52. The van der Waals surface area contributed by atoms with Gasteiger partial charge in [-0.2, -0.15) is 0 Å². The maximum Gasteiger partial charge on any atom is 0.349 e. The summed E-state index contributed by atoms with van der Waals surface area (Å²) >= 11 is 0. The van der Waals surface area contributed by atoms with E-state index >= 15 is 0 Å². The molecule has 7 nitrogen and oxygen atoms in total. The SMILES string of the molecule is CCCCCCC(C(=O)O)C(=O)N1CC(C(=O)OCC)Oc2ccccc21. The van der Waals surface area contributed by atoms with Crippen LogP contribution in [0.1, 0.15) is 46.0 Å². The summed E-state index contributed by atoms with van der Waals surface area (Å²) in [5, 5.41) is 9.57. The van der Waals surface area contributed by atoms with Gasteiger partial charge in [0, 0.05) is 0 Å². The molecule has 0 radical (unpaired) electrons. The van der Waals surface area contributed by atoms with E-state index in [1.165, 1.54) is 4.90 Å². The highest BCUT2D eigenvalue weighted by Gasteiger charge is 2.39. The van der Waals surface area contributed by atoms with E-state index in [0.29, 0.717) is 17.9 Å². The fraction of sp³-hybridized carbons (Fsp3) is 0.550. The van der Waals surface area contributed by atoms with E-state index in [4.69, 9.17) is 9.47 Å². The minimum Gasteiger partial charge on any atom is -0.481 e. The van der Waals surface area contributed by atoms with Crippen molar-refractivity contribution >= 4 is 23.5 Å². The van der Waals surface area contributed by atoms with Gasteiger partial charge in [-0.3, -0.25) is 9.59 Å². The third-order valence-corrected chi connectivity index (χ3v) is 4.53. The molecule has 0 aromatic heterocycles. The number of carboxylic acids is 1. The van der Waals surface area contributed by atoms with Crippen molar-refractivity contribution < 1.29 is 29.0 Å². The Morgan fingerprint density at radius 2 is 1.96 bits per heavy atom. The standard InChI is InChI=1S/C20H27NO6/c1-3-5-6-7-10-14(19(23)24)18(22)21-13-17(20(25)26-4-2)27-16-12-9-8-11-15(16)21/h8-9,11-12,14,17H,3-7,10,13H2,1-2H3,(H,23,24). The van der Waals surface area contributed by atoms with Crippen LogP contribution in [0.5, 0.6) is 5.75 Å². The molecule has 0 saturated heterocycles. The van der Waals surface area contributed by atoms with Gasteiger partial charge >= 0.3 is 11.9 Å². The number of ether oxygens (including phenoxy) is 2. The Morgan fingerprint density at radius 3 is 2.63 bits per heavy atom. The minimum absolute atomic E-state index is 0.0621. The second-order valence-corrected chi connectivity index (χ2v) is 6.52. The average Bonchev–Trinajstić information content (AvgIpc) is 2.66. The third-order valence-electron chi connectivity index (χ3n) is 4.53. The first-order valence-electron chi connectivity index (χ1n) is 9.46. The number of amides is 1. The molecule has 0 fully saturated rings. The van der Waals surface area contributed by atoms with E-state index < -0.39 is 29.9 Å². The molecule has 2 unspecified atom stereocenters. The summed E-state index contributed by atoms with van der Waals surface area (Å²) in [5.74, 6) is -3.02. The molecule has 0 aliphatic carbocycles. The molecular formula is C20H27NO6. The van der Waals surface area contributed by atoms with Gasteiger partial charge in [-0.25, -0.2) is 4.79 Å². The summed E-state index contributed by atoms with van der Waals surface area (Å²) < 4.78 is 10.7. The number of esters is 1. The molecule has 1 amide bonds. The van der Waals surface area contributed by atoms with Crippen molar-refractivity contribution in [3.05, 3.63) is 24.3 Å². The summed E-state index contributed by atoms with van der Waals surface area (Å²) in [7, 11) is 0. The van der Waals surface area contributed by atoms with Gasteiger partial charge in [-0.1, -0.05) is 44.7 Å². The van der Waals surface area contributed by atoms with Crippen LogP contribution in [0.3, 0.4) is 0 Å². The fourth-order valence-electron chi connectivity index (χ4n) is 3.12. The molecule has 7 heteroatoms. The Bertz CT molecular complexity index is 674. The van der Waals surface area contributed by atoms with Crippen molar-refractivity contribution in [2.75, 3.05) is 18.1 Å². The molecule has 1 aliphatic heterocycles. The van der Waals surface area contributed by atoms with E-state index in [0.717, 1.165) is 19.3 Å². The molecule has 2 atom stereocenters. The van der Waals surface area contributed by atoms with E-state index in [1.54, 1.807) is 31.2 Å². The summed E-state index contributed by atoms with van der Waals surface area (Å²) in [5.41, 5.74) is 0.475. The minimum atomic E-state index is -1.15. The maximum atomic E-state index is 13.0. The van der Waals surface area contributed by atoms with Gasteiger partial charge < -0.3 is 19.5 Å². The number of anilines is 1. The molecule has 1 aliphatic rings. The van der Waals surface area contributed by atoms with Crippen LogP contribution in [0, 0.1) is 5.92 Å². The lowest BCUT2D eigenvalue weighted by atomic mass is 9.98. The van der Waals surface area contributed by atoms with E-state index in [2.05, 4.69) is 6.92 Å². The lowest BCUT2D eigenvalue weighted by molar-refractivity contribution is -0.151. The molecule has 1 aromatic rings. The number of carboxylic acid groups (broad SMARTS) is 1. The molecule has 148 valence electrons.